The van der Waals surface area contributed by atoms with Crippen molar-refractivity contribution in [2.24, 2.45) is 0 Å². The normalized spacial score (nSPS) is 11.6. The first-order valence-corrected chi connectivity index (χ1v) is 5.86. The molecule has 18 heavy (non-hydrogen) atoms. The lowest BCUT2D eigenvalue weighted by molar-refractivity contribution is 0.0636. The highest BCUT2D eigenvalue weighted by molar-refractivity contribution is 6.29. The number of nitrogens with zero attached hydrogens (tertiary/aromatic N) is 2. The van der Waals surface area contributed by atoms with E-state index in [4.69, 9.17) is 16.3 Å². The van der Waals surface area contributed by atoms with Crippen LogP contribution in [-0.4, -0.2) is 21.3 Å². The Balaban J connectivity index is 2.15. The molecule has 0 bridgehead atoms. The Morgan fingerprint density at radius 2 is 2.17 bits per heavy atom. The zero-order chi connectivity index (χ0) is 13.3. The third-order valence-electron chi connectivity index (χ3n) is 2.10. The van der Waals surface area contributed by atoms with Gasteiger partial charge >= 0.3 is 6.09 Å². The van der Waals surface area contributed by atoms with E-state index in [0.717, 1.165) is 5.52 Å². The van der Waals surface area contributed by atoms with Gasteiger partial charge in [0.05, 0.1) is 17.4 Å². The first-order valence-electron chi connectivity index (χ1n) is 5.48. The molecule has 0 spiro atoms. The van der Waals surface area contributed by atoms with Gasteiger partial charge in [-0.15, -0.1) is 0 Å². The van der Waals surface area contributed by atoms with E-state index in [9.17, 15) is 4.79 Å². The molecule has 2 aromatic rings. The fourth-order valence-electron chi connectivity index (χ4n) is 1.46. The largest absolute Gasteiger partial charge is 0.444 e. The Morgan fingerprint density at radius 1 is 1.44 bits per heavy atom. The zero-order valence-electron chi connectivity index (χ0n) is 10.4. The number of nitrogens with one attached hydrogen (secondary N) is 1. The van der Waals surface area contributed by atoms with E-state index in [0.29, 0.717) is 10.8 Å². The standard InChI is InChI=1S/C12H14ClN3O2/c1-12(2,3)18-11(17)15-8-6-9-4-5-10(13)16(9)14-7-8/h4-7H,1-3H3,(H,15,17). The Kier molecular flexibility index (Phi) is 3.17. The molecule has 0 saturated heterocycles. The summed E-state index contributed by atoms with van der Waals surface area (Å²) in [7, 11) is 0. The van der Waals surface area contributed by atoms with Crippen LogP contribution in [0.25, 0.3) is 5.52 Å². The summed E-state index contributed by atoms with van der Waals surface area (Å²) in [5.74, 6) is 0. The quantitative estimate of drug-likeness (QED) is 0.862. The fourth-order valence-corrected chi connectivity index (χ4v) is 1.66. The van der Waals surface area contributed by atoms with Gasteiger partial charge in [-0.2, -0.15) is 5.10 Å². The third kappa shape index (κ3) is 2.92. The van der Waals surface area contributed by atoms with E-state index in [2.05, 4.69) is 10.4 Å². The number of anilines is 1. The second kappa shape index (κ2) is 4.49. The van der Waals surface area contributed by atoms with Crippen LogP contribution < -0.4 is 5.32 Å². The molecule has 0 aliphatic rings. The lowest BCUT2D eigenvalue weighted by atomic mass is 10.2. The molecule has 0 aromatic carbocycles. The lowest BCUT2D eigenvalue weighted by Crippen LogP contribution is -2.27. The van der Waals surface area contributed by atoms with Crippen molar-refractivity contribution in [1.29, 1.82) is 0 Å². The van der Waals surface area contributed by atoms with Crippen molar-refractivity contribution >= 4 is 28.9 Å². The Bertz CT molecular complexity index is 587. The van der Waals surface area contributed by atoms with Gasteiger partial charge in [0.2, 0.25) is 0 Å². The topological polar surface area (TPSA) is 55.6 Å². The molecule has 0 aliphatic carbocycles. The van der Waals surface area contributed by atoms with Gasteiger partial charge in [0.15, 0.2) is 0 Å². The van der Waals surface area contributed by atoms with E-state index < -0.39 is 11.7 Å². The van der Waals surface area contributed by atoms with Crippen LogP contribution in [0.2, 0.25) is 5.15 Å². The molecule has 0 aliphatic heterocycles. The Morgan fingerprint density at radius 3 is 2.83 bits per heavy atom. The molecular formula is C12H14ClN3O2. The summed E-state index contributed by atoms with van der Waals surface area (Å²) >= 11 is 5.91. The molecule has 6 heteroatoms. The SMILES string of the molecule is CC(C)(C)OC(=O)Nc1cnn2c(Cl)ccc2c1. The number of carbonyl (C=O) groups excluding carboxylic acids is 1. The van der Waals surface area contributed by atoms with Crippen molar-refractivity contribution in [2.75, 3.05) is 5.32 Å². The molecule has 2 rings (SSSR count). The predicted molar refractivity (Wildman–Crippen MR) is 70.1 cm³/mol. The van der Waals surface area contributed by atoms with Gasteiger partial charge < -0.3 is 4.74 Å². The van der Waals surface area contributed by atoms with Crippen LogP contribution >= 0.6 is 11.6 Å². The summed E-state index contributed by atoms with van der Waals surface area (Å²) < 4.78 is 6.72. The highest BCUT2D eigenvalue weighted by Crippen LogP contribution is 2.17. The fraction of sp³-hybridized carbons (Fsp3) is 0.333. The monoisotopic (exact) mass is 267 g/mol. The summed E-state index contributed by atoms with van der Waals surface area (Å²) in [5.41, 5.74) is 0.833. The van der Waals surface area contributed by atoms with Crippen molar-refractivity contribution in [3.63, 3.8) is 0 Å². The van der Waals surface area contributed by atoms with Crippen LogP contribution in [0, 0.1) is 0 Å². The minimum Gasteiger partial charge on any atom is -0.444 e. The number of rotatable bonds is 1. The van der Waals surface area contributed by atoms with Gasteiger partial charge in [-0.3, -0.25) is 5.32 Å². The predicted octanol–water partition coefficient (Wildman–Crippen LogP) is 3.33. The van der Waals surface area contributed by atoms with Gasteiger partial charge in [0.25, 0.3) is 0 Å². The average Bonchev–Trinajstić information content (AvgIpc) is 2.57. The molecule has 1 N–H and O–H groups in total. The van der Waals surface area contributed by atoms with E-state index in [1.807, 2.05) is 6.07 Å². The van der Waals surface area contributed by atoms with E-state index in [-0.39, 0.29) is 0 Å². The Labute approximate surface area is 110 Å². The van der Waals surface area contributed by atoms with Gasteiger partial charge in [-0.05, 0) is 39.0 Å². The molecular weight excluding hydrogens is 254 g/mol. The van der Waals surface area contributed by atoms with E-state index in [1.54, 1.807) is 37.4 Å². The number of fused-ring (bicyclic) bond motifs is 1. The maximum absolute atomic E-state index is 11.6. The molecule has 0 fully saturated rings. The summed E-state index contributed by atoms with van der Waals surface area (Å²) in [6.07, 6.45) is 1.01. The van der Waals surface area contributed by atoms with E-state index >= 15 is 0 Å². The summed E-state index contributed by atoms with van der Waals surface area (Å²) in [6, 6.07) is 5.32. The molecule has 0 saturated carbocycles. The molecule has 5 nitrogen and oxygen atoms in total. The number of amides is 1. The van der Waals surface area contributed by atoms with Crippen LogP contribution in [0.15, 0.2) is 24.4 Å². The smallest absolute Gasteiger partial charge is 0.412 e. The summed E-state index contributed by atoms with van der Waals surface area (Å²) in [5, 5.41) is 7.25. The van der Waals surface area contributed by atoms with Crippen molar-refractivity contribution in [1.82, 2.24) is 9.61 Å². The Hall–Kier alpha value is -1.75. The second-order valence-electron chi connectivity index (χ2n) is 4.86. The van der Waals surface area contributed by atoms with Gasteiger partial charge in [0.1, 0.15) is 10.8 Å². The van der Waals surface area contributed by atoms with Gasteiger partial charge in [0, 0.05) is 0 Å². The van der Waals surface area contributed by atoms with Crippen LogP contribution in [-0.2, 0) is 4.74 Å². The number of ether oxygens (including phenoxy) is 1. The zero-order valence-corrected chi connectivity index (χ0v) is 11.2. The average molecular weight is 268 g/mol. The van der Waals surface area contributed by atoms with E-state index in [1.165, 1.54) is 6.20 Å². The van der Waals surface area contributed by atoms with Crippen LogP contribution in [0.3, 0.4) is 0 Å². The van der Waals surface area contributed by atoms with Crippen molar-refractivity contribution < 1.29 is 9.53 Å². The van der Waals surface area contributed by atoms with Gasteiger partial charge in [-0.1, -0.05) is 11.6 Å². The summed E-state index contributed by atoms with van der Waals surface area (Å²) in [4.78, 5) is 11.6. The minimum atomic E-state index is -0.528. The number of hydrogen-bond acceptors (Lipinski definition) is 3. The number of carbonyl (C=O) groups is 1. The lowest BCUT2D eigenvalue weighted by Gasteiger charge is -2.19. The minimum absolute atomic E-state index is 0.508. The molecule has 0 atom stereocenters. The molecule has 96 valence electrons. The van der Waals surface area contributed by atoms with Crippen molar-refractivity contribution in [3.8, 4) is 0 Å². The first-order chi connectivity index (χ1) is 8.35. The van der Waals surface area contributed by atoms with Crippen LogP contribution in [0.1, 0.15) is 20.8 Å². The summed E-state index contributed by atoms with van der Waals surface area (Å²) in [6.45, 7) is 5.42. The highest BCUT2D eigenvalue weighted by Gasteiger charge is 2.16. The molecule has 0 radical (unpaired) electrons. The number of aromatic nitrogens is 2. The molecule has 2 aromatic heterocycles. The number of halogens is 1. The van der Waals surface area contributed by atoms with Crippen molar-refractivity contribution in [3.05, 3.63) is 29.5 Å². The molecule has 0 unspecified atom stereocenters. The number of hydrogen-bond donors (Lipinski definition) is 1. The maximum Gasteiger partial charge on any atom is 0.412 e. The van der Waals surface area contributed by atoms with Crippen LogP contribution in [0.5, 0.6) is 0 Å². The first kappa shape index (κ1) is 12.7. The van der Waals surface area contributed by atoms with Gasteiger partial charge in [-0.25, -0.2) is 9.31 Å². The van der Waals surface area contributed by atoms with Crippen LogP contribution in [0.4, 0.5) is 10.5 Å². The van der Waals surface area contributed by atoms with Crippen molar-refractivity contribution in [2.45, 2.75) is 26.4 Å². The maximum atomic E-state index is 11.6. The molecule has 1 amide bonds. The molecule has 2 heterocycles. The second-order valence-corrected chi connectivity index (χ2v) is 5.25. The third-order valence-corrected chi connectivity index (χ3v) is 2.39. The highest BCUT2D eigenvalue weighted by atomic mass is 35.5.